The van der Waals surface area contributed by atoms with Gasteiger partial charge in [0.1, 0.15) is 11.9 Å². The number of rotatable bonds is 7. The molecule has 0 aromatic heterocycles. The molecule has 1 heterocycles. The van der Waals surface area contributed by atoms with Gasteiger partial charge in [0.15, 0.2) is 0 Å². The van der Waals surface area contributed by atoms with Crippen LogP contribution in [0.3, 0.4) is 0 Å². The summed E-state index contributed by atoms with van der Waals surface area (Å²) in [4.78, 5) is 14.5. The maximum Gasteiger partial charge on any atom is 0.253 e. The molecule has 22 heavy (non-hydrogen) atoms. The Kier molecular flexibility index (Phi) is 6.80. The molecule has 2 rings (SSSR count). The molecule has 4 nitrogen and oxygen atoms in total. The molecule has 1 N–H and O–H groups in total. The van der Waals surface area contributed by atoms with E-state index in [0.29, 0.717) is 26.2 Å². The monoisotopic (exact) mass is 308 g/mol. The number of morpholine rings is 1. The minimum absolute atomic E-state index is 0.0210. The molecule has 122 valence electrons. The number of nitrogens with zero attached hydrogens (tertiary/aromatic N) is 1. The Labute approximate surface area is 131 Å². The second kappa shape index (κ2) is 8.86. The third kappa shape index (κ3) is 5.07. The van der Waals surface area contributed by atoms with E-state index < -0.39 is 6.10 Å². The van der Waals surface area contributed by atoms with Crippen LogP contribution in [0.25, 0.3) is 0 Å². The van der Waals surface area contributed by atoms with Gasteiger partial charge in [0, 0.05) is 26.2 Å². The van der Waals surface area contributed by atoms with Crippen molar-refractivity contribution < 1.29 is 13.9 Å². The number of amides is 1. The van der Waals surface area contributed by atoms with E-state index in [1.807, 2.05) is 4.90 Å². The molecule has 0 aliphatic carbocycles. The van der Waals surface area contributed by atoms with Gasteiger partial charge in [0.25, 0.3) is 5.91 Å². The number of benzene rings is 1. The molecule has 1 atom stereocenters. The smallest absolute Gasteiger partial charge is 0.253 e. The van der Waals surface area contributed by atoms with Crippen molar-refractivity contribution in [2.24, 2.45) is 0 Å². The molecule has 1 aromatic carbocycles. The summed E-state index contributed by atoms with van der Waals surface area (Å²) in [6.45, 7) is 5.27. The summed E-state index contributed by atoms with van der Waals surface area (Å²) in [5.41, 5.74) is 0.940. The summed E-state index contributed by atoms with van der Waals surface area (Å²) in [6, 6.07) is 6.33. The highest BCUT2D eigenvalue weighted by molar-refractivity contribution is 5.81. The van der Waals surface area contributed by atoms with Gasteiger partial charge in [-0.2, -0.15) is 0 Å². The Bertz CT molecular complexity index is 458. The minimum atomic E-state index is -0.407. The van der Waals surface area contributed by atoms with Crippen LogP contribution in [0.2, 0.25) is 0 Å². The fourth-order valence-electron chi connectivity index (χ4n) is 2.56. The maximum absolute atomic E-state index is 13.0. The molecule has 1 unspecified atom stereocenters. The van der Waals surface area contributed by atoms with Gasteiger partial charge in [-0.1, -0.05) is 31.9 Å². The van der Waals surface area contributed by atoms with Crippen LogP contribution in [0.5, 0.6) is 0 Å². The maximum atomic E-state index is 13.0. The van der Waals surface area contributed by atoms with E-state index in [2.05, 4.69) is 12.2 Å². The first-order valence-corrected chi connectivity index (χ1v) is 8.06. The Morgan fingerprint density at radius 2 is 2.14 bits per heavy atom. The SMILES string of the molecule is CCCCCN(Cc1ccc(F)cc1)C(=O)C1CNCCO1. The lowest BCUT2D eigenvalue weighted by molar-refractivity contribution is -0.146. The number of carbonyl (C=O) groups is 1. The van der Waals surface area contributed by atoms with E-state index in [0.717, 1.165) is 31.4 Å². The van der Waals surface area contributed by atoms with Crippen LogP contribution in [-0.4, -0.2) is 43.2 Å². The molecule has 1 saturated heterocycles. The molecule has 0 bridgehead atoms. The summed E-state index contributed by atoms with van der Waals surface area (Å²) >= 11 is 0. The van der Waals surface area contributed by atoms with Crippen molar-refractivity contribution in [2.45, 2.75) is 38.8 Å². The number of hydrogen-bond donors (Lipinski definition) is 1. The Morgan fingerprint density at radius 1 is 1.36 bits per heavy atom. The quantitative estimate of drug-likeness (QED) is 0.786. The van der Waals surface area contributed by atoms with E-state index in [-0.39, 0.29) is 11.7 Å². The fourth-order valence-corrected chi connectivity index (χ4v) is 2.56. The Morgan fingerprint density at radius 3 is 2.77 bits per heavy atom. The molecule has 0 saturated carbocycles. The van der Waals surface area contributed by atoms with Crippen molar-refractivity contribution in [1.29, 1.82) is 0 Å². The van der Waals surface area contributed by atoms with Gasteiger partial charge in [-0.3, -0.25) is 4.79 Å². The Balaban J connectivity index is 2.00. The van der Waals surface area contributed by atoms with Crippen molar-refractivity contribution in [3.63, 3.8) is 0 Å². The topological polar surface area (TPSA) is 41.6 Å². The van der Waals surface area contributed by atoms with Gasteiger partial charge in [0.05, 0.1) is 6.61 Å². The highest BCUT2D eigenvalue weighted by atomic mass is 19.1. The summed E-state index contributed by atoms with van der Waals surface area (Å²) in [7, 11) is 0. The number of nitrogens with one attached hydrogen (secondary N) is 1. The zero-order valence-electron chi connectivity index (χ0n) is 13.2. The highest BCUT2D eigenvalue weighted by Crippen LogP contribution is 2.12. The van der Waals surface area contributed by atoms with Crippen LogP contribution < -0.4 is 5.32 Å². The van der Waals surface area contributed by atoms with Crippen LogP contribution in [0.4, 0.5) is 4.39 Å². The summed E-state index contributed by atoms with van der Waals surface area (Å²) < 4.78 is 18.6. The summed E-state index contributed by atoms with van der Waals surface area (Å²) in [5.74, 6) is -0.236. The van der Waals surface area contributed by atoms with Crippen LogP contribution in [0.1, 0.15) is 31.7 Å². The molecule has 5 heteroatoms. The highest BCUT2D eigenvalue weighted by Gasteiger charge is 2.26. The van der Waals surface area contributed by atoms with Gasteiger partial charge in [0.2, 0.25) is 0 Å². The number of hydrogen-bond acceptors (Lipinski definition) is 3. The lowest BCUT2D eigenvalue weighted by atomic mass is 10.1. The third-order valence-electron chi connectivity index (χ3n) is 3.83. The molecule has 1 aromatic rings. The number of unbranched alkanes of at least 4 members (excludes halogenated alkanes) is 2. The molecule has 0 radical (unpaired) electrons. The van der Waals surface area contributed by atoms with Gasteiger partial charge in [-0.15, -0.1) is 0 Å². The van der Waals surface area contributed by atoms with Gasteiger partial charge in [-0.05, 0) is 24.1 Å². The summed E-state index contributed by atoms with van der Waals surface area (Å²) in [5, 5.41) is 3.19. The van der Waals surface area contributed by atoms with Crippen LogP contribution in [0, 0.1) is 5.82 Å². The zero-order valence-corrected chi connectivity index (χ0v) is 13.2. The molecule has 1 aliphatic rings. The predicted molar refractivity (Wildman–Crippen MR) is 84.0 cm³/mol. The standard InChI is InChI=1S/C17H25FN2O2/c1-2-3-4-10-20(13-14-5-7-15(18)8-6-14)17(21)16-12-19-9-11-22-16/h5-8,16,19H,2-4,9-13H2,1H3. The van der Waals surface area contributed by atoms with Gasteiger partial charge >= 0.3 is 0 Å². The molecule has 1 fully saturated rings. The van der Waals surface area contributed by atoms with Crippen molar-refractivity contribution >= 4 is 5.91 Å². The first-order valence-electron chi connectivity index (χ1n) is 8.06. The summed E-state index contributed by atoms with van der Waals surface area (Å²) in [6.07, 6.45) is 2.77. The first kappa shape index (κ1) is 16.9. The van der Waals surface area contributed by atoms with E-state index in [4.69, 9.17) is 4.74 Å². The number of ether oxygens (including phenoxy) is 1. The number of carbonyl (C=O) groups excluding carboxylic acids is 1. The van der Waals surface area contributed by atoms with E-state index in [1.165, 1.54) is 12.1 Å². The lowest BCUT2D eigenvalue weighted by Gasteiger charge is -2.30. The van der Waals surface area contributed by atoms with Crippen LogP contribution in [0.15, 0.2) is 24.3 Å². The van der Waals surface area contributed by atoms with Crippen molar-refractivity contribution in [3.05, 3.63) is 35.6 Å². The normalized spacial score (nSPS) is 18.2. The number of halogens is 1. The van der Waals surface area contributed by atoms with E-state index in [9.17, 15) is 9.18 Å². The average Bonchev–Trinajstić information content (AvgIpc) is 2.56. The van der Waals surface area contributed by atoms with Crippen molar-refractivity contribution in [1.82, 2.24) is 10.2 Å². The second-order valence-electron chi connectivity index (χ2n) is 5.66. The molecular formula is C17H25FN2O2. The molecule has 1 aliphatic heterocycles. The van der Waals surface area contributed by atoms with Crippen molar-refractivity contribution in [2.75, 3.05) is 26.2 Å². The van der Waals surface area contributed by atoms with Crippen LogP contribution >= 0.6 is 0 Å². The largest absolute Gasteiger partial charge is 0.366 e. The minimum Gasteiger partial charge on any atom is -0.366 e. The van der Waals surface area contributed by atoms with Crippen molar-refractivity contribution in [3.8, 4) is 0 Å². The van der Waals surface area contributed by atoms with E-state index >= 15 is 0 Å². The average molecular weight is 308 g/mol. The molecule has 0 spiro atoms. The fraction of sp³-hybridized carbons (Fsp3) is 0.588. The second-order valence-corrected chi connectivity index (χ2v) is 5.66. The van der Waals surface area contributed by atoms with E-state index in [1.54, 1.807) is 12.1 Å². The van der Waals surface area contributed by atoms with Crippen LogP contribution in [-0.2, 0) is 16.1 Å². The van der Waals surface area contributed by atoms with Gasteiger partial charge in [-0.25, -0.2) is 4.39 Å². The first-order chi connectivity index (χ1) is 10.7. The molecule has 1 amide bonds. The Hall–Kier alpha value is -1.46. The third-order valence-corrected chi connectivity index (χ3v) is 3.83. The van der Waals surface area contributed by atoms with Gasteiger partial charge < -0.3 is 15.0 Å². The predicted octanol–water partition coefficient (Wildman–Crippen LogP) is 2.33. The zero-order chi connectivity index (χ0) is 15.8. The molecular weight excluding hydrogens is 283 g/mol. The lowest BCUT2D eigenvalue weighted by Crippen LogP contribution is -2.49.